The molecule has 2 rings (SSSR count). The Morgan fingerprint density at radius 3 is 2.79 bits per heavy atom. The van der Waals surface area contributed by atoms with Crippen LogP contribution in [-0.2, 0) is 9.53 Å². The second kappa shape index (κ2) is 12.3. The van der Waals surface area contributed by atoms with Crippen LogP contribution < -0.4 is 0 Å². The van der Waals surface area contributed by atoms with Gasteiger partial charge in [-0.05, 0) is 57.3 Å². The quantitative estimate of drug-likeness (QED) is 0.266. The van der Waals surface area contributed by atoms with Crippen molar-refractivity contribution < 1.29 is 19.8 Å². The molecule has 0 saturated carbocycles. The predicted molar refractivity (Wildman–Crippen MR) is 115 cm³/mol. The van der Waals surface area contributed by atoms with Gasteiger partial charge in [0.25, 0.3) is 0 Å². The van der Waals surface area contributed by atoms with Crippen LogP contribution in [0.15, 0.2) is 37.0 Å². The molecule has 1 amide bonds. The summed E-state index contributed by atoms with van der Waals surface area (Å²) in [6, 6.07) is 0. The molecule has 0 spiro atoms. The molecule has 6 atom stereocenters. The fourth-order valence-corrected chi connectivity index (χ4v) is 4.71. The summed E-state index contributed by atoms with van der Waals surface area (Å²) in [7, 11) is 0. The molecule has 2 unspecified atom stereocenters. The van der Waals surface area contributed by atoms with Gasteiger partial charge in [-0.2, -0.15) is 0 Å². The van der Waals surface area contributed by atoms with Gasteiger partial charge in [-0.15, -0.1) is 6.58 Å². The van der Waals surface area contributed by atoms with Gasteiger partial charge in [-0.3, -0.25) is 10.0 Å². The van der Waals surface area contributed by atoms with E-state index >= 15 is 0 Å². The van der Waals surface area contributed by atoms with E-state index in [1.165, 1.54) is 0 Å². The number of hydrogen-bond acceptors (Lipinski definition) is 4. The summed E-state index contributed by atoms with van der Waals surface area (Å²) in [5.41, 5.74) is 0. The van der Waals surface area contributed by atoms with Gasteiger partial charge in [-0.25, -0.2) is 5.06 Å². The maximum atomic E-state index is 12.6. The van der Waals surface area contributed by atoms with Crippen LogP contribution in [0, 0.1) is 17.8 Å². The van der Waals surface area contributed by atoms with Crippen LogP contribution >= 0.6 is 0 Å². The van der Waals surface area contributed by atoms with Gasteiger partial charge in [0.1, 0.15) is 0 Å². The SMILES string of the molecule is C=CCCC(O)/C=C/C1[C@@H]([C@@H](C/C=C\C)CC(=O)N(O)CCCC)[C@H]2CC[C@@H]1O2. The van der Waals surface area contributed by atoms with Gasteiger partial charge in [-0.1, -0.05) is 43.7 Å². The third-order valence-electron chi connectivity index (χ3n) is 6.28. The number of unbranched alkanes of at least 4 members (excludes halogenated alkanes) is 1. The number of carbonyl (C=O) groups is 1. The maximum Gasteiger partial charge on any atom is 0.246 e. The molecule has 0 aromatic rings. The number of rotatable bonds is 13. The van der Waals surface area contributed by atoms with Crippen molar-refractivity contribution in [3.05, 3.63) is 37.0 Å². The Bertz CT molecular complexity index is 573. The Kier molecular flexibility index (Phi) is 10.1. The molecule has 2 bridgehead atoms. The number of fused-ring (bicyclic) bond motifs is 2. The van der Waals surface area contributed by atoms with Gasteiger partial charge >= 0.3 is 0 Å². The highest BCUT2D eigenvalue weighted by molar-refractivity contribution is 5.75. The average molecular weight is 406 g/mol. The molecule has 2 aliphatic rings. The monoisotopic (exact) mass is 405 g/mol. The topological polar surface area (TPSA) is 70.0 Å². The minimum Gasteiger partial charge on any atom is -0.389 e. The van der Waals surface area contributed by atoms with Gasteiger partial charge < -0.3 is 9.84 Å². The van der Waals surface area contributed by atoms with Crippen molar-refractivity contribution in [2.75, 3.05) is 6.54 Å². The molecule has 2 aliphatic heterocycles. The zero-order valence-corrected chi connectivity index (χ0v) is 18.1. The van der Waals surface area contributed by atoms with Gasteiger partial charge in [0.15, 0.2) is 0 Å². The molecule has 0 aliphatic carbocycles. The highest BCUT2D eigenvalue weighted by Crippen LogP contribution is 2.49. The Labute approximate surface area is 176 Å². The van der Waals surface area contributed by atoms with E-state index in [1.807, 2.05) is 32.1 Å². The number of hydroxylamine groups is 2. The van der Waals surface area contributed by atoms with E-state index in [4.69, 9.17) is 4.74 Å². The first-order chi connectivity index (χ1) is 14.0. The van der Waals surface area contributed by atoms with E-state index in [-0.39, 0.29) is 35.9 Å². The van der Waals surface area contributed by atoms with Gasteiger partial charge in [0.05, 0.1) is 18.3 Å². The summed E-state index contributed by atoms with van der Waals surface area (Å²) in [6.45, 7) is 8.13. The van der Waals surface area contributed by atoms with E-state index in [0.717, 1.165) is 43.6 Å². The number of amides is 1. The van der Waals surface area contributed by atoms with Crippen LogP contribution in [0.2, 0.25) is 0 Å². The van der Waals surface area contributed by atoms with E-state index < -0.39 is 6.10 Å². The molecule has 2 heterocycles. The minimum atomic E-state index is -0.481. The van der Waals surface area contributed by atoms with Crippen LogP contribution in [0.1, 0.15) is 65.2 Å². The molecule has 0 radical (unpaired) electrons. The van der Waals surface area contributed by atoms with E-state index in [1.54, 1.807) is 0 Å². The zero-order chi connectivity index (χ0) is 21.2. The van der Waals surface area contributed by atoms with Crippen molar-refractivity contribution in [2.45, 2.75) is 83.5 Å². The molecule has 2 saturated heterocycles. The average Bonchev–Trinajstić information content (AvgIpc) is 3.33. The van der Waals surface area contributed by atoms with Crippen LogP contribution in [0.25, 0.3) is 0 Å². The highest BCUT2D eigenvalue weighted by atomic mass is 16.5. The molecule has 2 fully saturated rings. The van der Waals surface area contributed by atoms with Crippen LogP contribution in [0.5, 0.6) is 0 Å². The molecular formula is C24H39NO4. The first-order valence-electron chi connectivity index (χ1n) is 11.2. The lowest BCUT2D eigenvalue weighted by molar-refractivity contribution is -0.167. The molecule has 0 aromatic heterocycles. The number of carbonyl (C=O) groups excluding carboxylic acids is 1. The first-order valence-corrected chi connectivity index (χ1v) is 11.2. The summed E-state index contributed by atoms with van der Waals surface area (Å²) < 4.78 is 6.22. The van der Waals surface area contributed by atoms with Gasteiger partial charge in [0, 0.05) is 18.9 Å². The lowest BCUT2D eigenvalue weighted by atomic mass is 9.70. The number of ether oxygens (including phenoxy) is 1. The van der Waals surface area contributed by atoms with Crippen molar-refractivity contribution in [3.8, 4) is 0 Å². The summed E-state index contributed by atoms with van der Waals surface area (Å²) in [6.07, 6.45) is 16.2. The molecule has 5 heteroatoms. The van der Waals surface area contributed by atoms with E-state index in [9.17, 15) is 15.1 Å². The Hall–Kier alpha value is -1.43. The molecule has 5 nitrogen and oxygen atoms in total. The second-order valence-electron chi connectivity index (χ2n) is 8.40. The van der Waals surface area contributed by atoms with Crippen molar-refractivity contribution in [3.63, 3.8) is 0 Å². The standard InChI is InChI=1S/C24H39NO4/c1-4-7-10-18(17-23(27)25(28)16-9-6-3)24-20(21-14-15-22(24)29-21)13-12-19(26)11-8-5-2/h4-5,7,12-13,18-22,24,26,28H,2,6,8-11,14-17H2,1,3H3/b7-4-,13-12+/t18-,19?,20?,21-,22+,24+/m0/s1. The van der Waals surface area contributed by atoms with E-state index in [2.05, 4.69) is 18.7 Å². The third-order valence-corrected chi connectivity index (χ3v) is 6.28. The van der Waals surface area contributed by atoms with Crippen molar-refractivity contribution in [2.24, 2.45) is 17.8 Å². The summed E-state index contributed by atoms with van der Waals surface area (Å²) >= 11 is 0. The Morgan fingerprint density at radius 1 is 1.34 bits per heavy atom. The largest absolute Gasteiger partial charge is 0.389 e. The number of aliphatic hydroxyl groups excluding tert-OH is 1. The van der Waals surface area contributed by atoms with E-state index in [0.29, 0.717) is 19.4 Å². The lowest BCUT2D eigenvalue weighted by Gasteiger charge is -2.33. The third kappa shape index (κ3) is 6.80. The summed E-state index contributed by atoms with van der Waals surface area (Å²) in [5.74, 6) is 0.351. The fourth-order valence-electron chi connectivity index (χ4n) is 4.71. The highest BCUT2D eigenvalue weighted by Gasteiger charge is 2.50. The fraction of sp³-hybridized carbons (Fsp3) is 0.708. The van der Waals surface area contributed by atoms with Crippen molar-refractivity contribution >= 4 is 5.91 Å². The Balaban J connectivity index is 2.10. The second-order valence-corrected chi connectivity index (χ2v) is 8.40. The Morgan fingerprint density at radius 2 is 2.10 bits per heavy atom. The number of allylic oxidation sites excluding steroid dienone is 3. The normalized spacial score (nSPS) is 28.3. The minimum absolute atomic E-state index is 0.116. The smallest absolute Gasteiger partial charge is 0.246 e. The molecule has 0 aromatic carbocycles. The molecular weight excluding hydrogens is 366 g/mol. The zero-order valence-electron chi connectivity index (χ0n) is 18.1. The number of nitrogens with zero attached hydrogens (tertiary/aromatic N) is 1. The van der Waals surface area contributed by atoms with Crippen LogP contribution in [-0.4, -0.2) is 46.1 Å². The molecule has 2 N–H and O–H groups in total. The number of hydrogen-bond donors (Lipinski definition) is 2. The first kappa shape index (κ1) is 23.8. The van der Waals surface area contributed by atoms with Crippen LogP contribution in [0.3, 0.4) is 0 Å². The van der Waals surface area contributed by atoms with Crippen molar-refractivity contribution in [1.82, 2.24) is 5.06 Å². The lowest BCUT2D eigenvalue weighted by Crippen LogP contribution is -2.37. The summed E-state index contributed by atoms with van der Waals surface area (Å²) in [5, 5.41) is 21.2. The van der Waals surface area contributed by atoms with Crippen LogP contribution in [0.4, 0.5) is 0 Å². The number of aliphatic hydroxyl groups is 1. The maximum absolute atomic E-state index is 12.6. The van der Waals surface area contributed by atoms with Crippen molar-refractivity contribution in [1.29, 1.82) is 0 Å². The van der Waals surface area contributed by atoms with Gasteiger partial charge in [0.2, 0.25) is 5.91 Å². The predicted octanol–water partition coefficient (Wildman–Crippen LogP) is 4.65. The molecule has 29 heavy (non-hydrogen) atoms. The molecule has 164 valence electrons. The summed E-state index contributed by atoms with van der Waals surface area (Å²) in [4.78, 5) is 12.6.